The lowest BCUT2D eigenvalue weighted by Gasteiger charge is -2.40. The summed E-state index contributed by atoms with van der Waals surface area (Å²) in [5.74, 6) is -0.556. The van der Waals surface area contributed by atoms with Crippen LogP contribution in [0, 0.1) is 3.57 Å². The van der Waals surface area contributed by atoms with Gasteiger partial charge in [0.1, 0.15) is 23.7 Å². The van der Waals surface area contributed by atoms with Gasteiger partial charge in [0.15, 0.2) is 0 Å². The third-order valence-electron chi connectivity index (χ3n) is 6.31. The van der Waals surface area contributed by atoms with Crippen molar-refractivity contribution in [2.45, 2.75) is 44.4 Å². The van der Waals surface area contributed by atoms with Crippen LogP contribution in [0.3, 0.4) is 0 Å². The summed E-state index contributed by atoms with van der Waals surface area (Å²) in [6, 6.07) is 13.8. The number of ether oxygens (including phenoxy) is 2. The molecule has 2 amide bonds. The standard InChI is InChI=1S/C28H33IN2O7/c1-3-23(33)28(36)31(13-11-18-7-6-8-20(15-18)37-2)22-16-19(27(35)30-12-14-32)17-25(26(22)34)38-24-10-5-4-9-21(24)29/h4-10,15,17,22,25-26,32,34H,3,11-14,16H2,1-2H3,(H,30,35). The molecule has 3 unspecified atom stereocenters. The first kappa shape index (κ1) is 29.6. The maximum atomic E-state index is 13.3. The van der Waals surface area contributed by atoms with Gasteiger partial charge in [-0.1, -0.05) is 31.2 Å². The van der Waals surface area contributed by atoms with Gasteiger partial charge in [0.25, 0.3) is 5.91 Å². The zero-order valence-electron chi connectivity index (χ0n) is 21.4. The maximum Gasteiger partial charge on any atom is 0.290 e. The minimum absolute atomic E-state index is 0.0130. The van der Waals surface area contributed by atoms with Gasteiger partial charge in [-0.05, 0) is 64.9 Å². The van der Waals surface area contributed by atoms with Crippen molar-refractivity contribution in [2.24, 2.45) is 0 Å². The van der Waals surface area contributed by atoms with Crippen molar-refractivity contribution >= 4 is 40.2 Å². The fraction of sp³-hybridized carbons (Fsp3) is 0.393. The maximum absolute atomic E-state index is 13.3. The number of nitrogens with zero attached hydrogens (tertiary/aromatic N) is 1. The molecule has 0 radical (unpaired) electrons. The fourth-order valence-corrected chi connectivity index (χ4v) is 4.79. The summed E-state index contributed by atoms with van der Waals surface area (Å²) in [6.45, 7) is 1.57. The molecule has 0 spiro atoms. The van der Waals surface area contributed by atoms with Gasteiger partial charge in [0.05, 0.1) is 23.3 Å². The van der Waals surface area contributed by atoms with Crippen molar-refractivity contribution in [3.8, 4) is 11.5 Å². The Labute approximate surface area is 236 Å². The summed E-state index contributed by atoms with van der Waals surface area (Å²) in [5.41, 5.74) is 1.19. The first-order valence-corrected chi connectivity index (χ1v) is 13.5. The van der Waals surface area contributed by atoms with Crippen LogP contribution in [0.5, 0.6) is 11.5 Å². The Morgan fingerprint density at radius 2 is 1.92 bits per heavy atom. The van der Waals surface area contributed by atoms with Gasteiger partial charge in [-0.15, -0.1) is 0 Å². The second-order valence-corrected chi connectivity index (χ2v) is 9.99. The van der Waals surface area contributed by atoms with Gasteiger partial charge in [0.2, 0.25) is 11.7 Å². The Morgan fingerprint density at radius 3 is 2.61 bits per heavy atom. The predicted molar refractivity (Wildman–Crippen MR) is 150 cm³/mol. The summed E-state index contributed by atoms with van der Waals surface area (Å²) in [6.07, 6.45) is -0.184. The van der Waals surface area contributed by atoms with Crippen LogP contribution in [-0.4, -0.2) is 77.8 Å². The summed E-state index contributed by atoms with van der Waals surface area (Å²) in [4.78, 5) is 40.1. The van der Waals surface area contributed by atoms with E-state index < -0.39 is 35.8 Å². The van der Waals surface area contributed by atoms with Crippen molar-refractivity contribution in [1.29, 1.82) is 0 Å². The molecule has 0 bridgehead atoms. The monoisotopic (exact) mass is 636 g/mol. The van der Waals surface area contributed by atoms with E-state index in [2.05, 4.69) is 27.9 Å². The molecule has 1 aliphatic carbocycles. The molecule has 38 heavy (non-hydrogen) atoms. The quantitative estimate of drug-likeness (QED) is 0.241. The Bertz CT molecular complexity index is 1170. The van der Waals surface area contributed by atoms with E-state index >= 15 is 0 Å². The number of Topliss-reactive ketones (excluding diaryl/α,β-unsaturated/α-hetero) is 1. The molecule has 3 N–H and O–H groups in total. The van der Waals surface area contributed by atoms with Gasteiger partial charge < -0.3 is 29.9 Å². The van der Waals surface area contributed by atoms with Crippen molar-refractivity contribution in [1.82, 2.24) is 10.2 Å². The Hall–Kier alpha value is -2.96. The molecule has 0 aromatic heterocycles. The van der Waals surface area contributed by atoms with Crippen LogP contribution in [0.2, 0.25) is 0 Å². The Balaban J connectivity index is 1.95. The Morgan fingerprint density at radius 1 is 1.16 bits per heavy atom. The highest BCUT2D eigenvalue weighted by atomic mass is 127. The van der Waals surface area contributed by atoms with Gasteiger partial charge in [-0.25, -0.2) is 0 Å². The van der Waals surface area contributed by atoms with Crippen molar-refractivity contribution < 1.29 is 34.1 Å². The number of benzene rings is 2. The molecular weight excluding hydrogens is 603 g/mol. The summed E-state index contributed by atoms with van der Waals surface area (Å²) in [7, 11) is 1.57. The number of rotatable bonds is 12. The van der Waals surface area contributed by atoms with Crippen molar-refractivity contribution in [3.63, 3.8) is 0 Å². The van der Waals surface area contributed by atoms with E-state index in [0.29, 0.717) is 23.5 Å². The van der Waals surface area contributed by atoms with Crippen molar-refractivity contribution in [3.05, 3.63) is 69.3 Å². The number of para-hydroxylation sites is 1. The fourth-order valence-electron chi connectivity index (χ4n) is 4.27. The first-order valence-electron chi connectivity index (χ1n) is 12.4. The lowest BCUT2D eigenvalue weighted by Crippen LogP contribution is -2.56. The van der Waals surface area contributed by atoms with Gasteiger partial charge >= 0.3 is 0 Å². The molecule has 0 fully saturated rings. The van der Waals surface area contributed by atoms with E-state index in [1.807, 2.05) is 36.4 Å². The van der Waals surface area contributed by atoms with E-state index in [1.54, 1.807) is 32.2 Å². The lowest BCUT2D eigenvalue weighted by molar-refractivity contribution is -0.149. The lowest BCUT2D eigenvalue weighted by atomic mass is 9.87. The van der Waals surface area contributed by atoms with E-state index in [-0.39, 0.29) is 32.5 Å². The van der Waals surface area contributed by atoms with E-state index in [1.165, 1.54) is 4.90 Å². The summed E-state index contributed by atoms with van der Waals surface area (Å²) in [5, 5.41) is 23.2. The molecule has 2 aromatic rings. The number of carbonyl (C=O) groups excluding carboxylic acids is 3. The SMILES string of the molecule is CCC(=O)C(=O)N(CCc1cccc(OC)c1)C1CC(C(=O)NCCO)=CC(Oc2ccccc2I)C1O. The number of halogens is 1. The zero-order chi connectivity index (χ0) is 27.7. The van der Waals surface area contributed by atoms with Gasteiger partial charge in [0, 0.05) is 31.5 Å². The topological polar surface area (TPSA) is 125 Å². The van der Waals surface area contributed by atoms with E-state index in [9.17, 15) is 19.5 Å². The van der Waals surface area contributed by atoms with Crippen LogP contribution in [0.1, 0.15) is 25.3 Å². The van der Waals surface area contributed by atoms with E-state index in [0.717, 1.165) is 9.13 Å². The number of carbonyl (C=O) groups is 3. The zero-order valence-corrected chi connectivity index (χ0v) is 23.6. The third kappa shape index (κ3) is 7.55. The highest BCUT2D eigenvalue weighted by molar-refractivity contribution is 14.1. The largest absolute Gasteiger partial charge is 0.497 e. The number of hydrogen-bond donors (Lipinski definition) is 3. The molecule has 204 valence electrons. The summed E-state index contributed by atoms with van der Waals surface area (Å²) >= 11 is 2.12. The number of ketones is 1. The number of hydrogen-bond acceptors (Lipinski definition) is 7. The average molecular weight is 636 g/mol. The number of methoxy groups -OCH3 is 1. The van der Waals surface area contributed by atoms with Gasteiger partial charge in [-0.3, -0.25) is 14.4 Å². The Kier molecular flexibility index (Phi) is 11.1. The minimum Gasteiger partial charge on any atom is -0.497 e. The molecule has 0 heterocycles. The highest BCUT2D eigenvalue weighted by Crippen LogP contribution is 2.30. The van der Waals surface area contributed by atoms with Crippen LogP contribution in [0.25, 0.3) is 0 Å². The molecule has 2 aromatic carbocycles. The van der Waals surface area contributed by atoms with Crippen LogP contribution in [0.15, 0.2) is 60.2 Å². The molecule has 10 heteroatoms. The van der Waals surface area contributed by atoms with Crippen LogP contribution in [-0.2, 0) is 20.8 Å². The second kappa shape index (κ2) is 14.3. The number of nitrogens with one attached hydrogen (secondary N) is 1. The van der Waals surface area contributed by atoms with Crippen LogP contribution >= 0.6 is 22.6 Å². The minimum atomic E-state index is -1.21. The molecule has 0 saturated carbocycles. The smallest absolute Gasteiger partial charge is 0.290 e. The molecule has 0 saturated heterocycles. The number of aliphatic hydroxyl groups is 2. The molecule has 1 aliphatic rings. The van der Waals surface area contributed by atoms with Gasteiger partial charge in [-0.2, -0.15) is 0 Å². The van der Waals surface area contributed by atoms with E-state index in [4.69, 9.17) is 14.6 Å². The van der Waals surface area contributed by atoms with Crippen LogP contribution < -0.4 is 14.8 Å². The van der Waals surface area contributed by atoms with Crippen LogP contribution in [0.4, 0.5) is 0 Å². The molecule has 3 rings (SSSR count). The average Bonchev–Trinajstić information content (AvgIpc) is 2.94. The number of amides is 2. The second-order valence-electron chi connectivity index (χ2n) is 8.82. The molecular formula is C28H33IN2O7. The molecule has 0 aliphatic heterocycles. The number of aliphatic hydroxyl groups excluding tert-OH is 2. The molecule has 3 atom stereocenters. The predicted octanol–water partition coefficient (Wildman–Crippen LogP) is 2.27. The first-order chi connectivity index (χ1) is 18.3. The third-order valence-corrected chi connectivity index (χ3v) is 7.20. The summed E-state index contributed by atoms with van der Waals surface area (Å²) < 4.78 is 12.2. The van der Waals surface area contributed by atoms with Crippen molar-refractivity contribution in [2.75, 3.05) is 26.8 Å². The highest BCUT2D eigenvalue weighted by Gasteiger charge is 2.41. The normalized spacial score (nSPS) is 18.8. The molecule has 9 nitrogen and oxygen atoms in total.